The number of benzene rings is 12. The third-order valence-electron chi connectivity index (χ3n) is 16.6. The van der Waals surface area contributed by atoms with Gasteiger partial charge in [-0.3, -0.25) is 0 Å². The molecule has 0 amide bonds. The minimum atomic E-state index is -2.78. The maximum atomic E-state index is 2.50. The average molecular weight is 983 g/mol. The van der Waals surface area contributed by atoms with Crippen LogP contribution in [-0.2, 0) is 5.41 Å². The molecule has 0 N–H and O–H groups in total. The Morgan fingerprint density at radius 2 is 0.776 bits per heavy atom. The Labute approximate surface area is 444 Å². The molecule has 2 aliphatic rings. The fourth-order valence-corrected chi connectivity index (χ4v) is 18.6. The second-order valence-electron chi connectivity index (χ2n) is 20.3. The molecule has 0 atom stereocenters. The lowest BCUT2D eigenvalue weighted by molar-refractivity contribution is 0.769. The van der Waals surface area contributed by atoms with Gasteiger partial charge in [0.2, 0.25) is 0 Å². The summed E-state index contributed by atoms with van der Waals surface area (Å²) in [5.41, 5.74) is 19.1. The minimum absolute atomic E-state index is 0.474. The van der Waals surface area contributed by atoms with E-state index in [1.54, 1.807) is 0 Å². The smallest absolute Gasteiger partial charge is 0.180 e. The molecule has 76 heavy (non-hydrogen) atoms. The number of aromatic nitrogens is 1. The summed E-state index contributed by atoms with van der Waals surface area (Å²) in [6, 6.07) is 113. The molecule has 1 aliphatic carbocycles. The molecule has 0 radical (unpaired) electrons. The summed E-state index contributed by atoms with van der Waals surface area (Å²) < 4.78 is 2.40. The summed E-state index contributed by atoms with van der Waals surface area (Å²) >= 11 is 0. The van der Waals surface area contributed by atoms with Crippen molar-refractivity contribution in [2.45, 2.75) is 5.41 Å². The molecule has 2 nitrogen and oxygen atoms in total. The zero-order valence-electron chi connectivity index (χ0n) is 41.8. The first-order valence-corrected chi connectivity index (χ1v) is 28.4. The number of hydrogen-bond acceptors (Lipinski definition) is 1. The van der Waals surface area contributed by atoms with E-state index in [0.717, 1.165) is 22.7 Å². The fraction of sp³-hybridized carbons (Fsp3) is 0.0137. The molecule has 2 heterocycles. The highest BCUT2D eigenvalue weighted by Crippen LogP contribution is 2.57. The van der Waals surface area contributed by atoms with Crippen molar-refractivity contribution in [1.29, 1.82) is 0 Å². The van der Waals surface area contributed by atoms with E-state index in [4.69, 9.17) is 0 Å². The molecule has 0 saturated heterocycles. The zero-order valence-corrected chi connectivity index (χ0v) is 42.8. The summed E-state index contributed by atoms with van der Waals surface area (Å²) in [4.78, 5) is 2.46. The van der Waals surface area contributed by atoms with Gasteiger partial charge >= 0.3 is 0 Å². The number of anilines is 3. The largest absolute Gasteiger partial charge is 0.311 e. The van der Waals surface area contributed by atoms with Crippen molar-refractivity contribution >= 4 is 67.7 Å². The van der Waals surface area contributed by atoms with Gasteiger partial charge in [0.25, 0.3) is 0 Å². The Morgan fingerprint density at radius 3 is 1.39 bits per heavy atom. The molecule has 13 aromatic rings. The number of para-hydroxylation sites is 2. The Balaban J connectivity index is 0.898. The number of nitrogens with zero attached hydrogens (tertiary/aromatic N) is 2. The first-order chi connectivity index (χ1) is 37.7. The third kappa shape index (κ3) is 6.46. The summed E-state index contributed by atoms with van der Waals surface area (Å²) in [6.45, 7) is 0. The van der Waals surface area contributed by atoms with Gasteiger partial charge in [-0.2, -0.15) is 0 Å². The Bertz CT molecular complexity index is 4190. The lowest BCUT2D eigenvalue weighted by atomic mass is 9.67. The SMILES string of the molecule is c1ccc(C2(c3ccccc3)c3ccccc3-c3ccc(-c4ccc(N(c5ccc(-n6c7ccccc7c7ccccc76)cc5)c5cccc([Si]6(c7ccccc7)c7ccccc7-c7ccccc76)c5)cc4)cc32)cc1. The number of rotatable bonds is 9. The van der Waals surface area contributed by atoms with E-state index < -0.39 is 13.5 Å². The lowest BCUT2D eigenvalue weighted by Gasteiger charge is -2.34. The first kappa shape index (κ1) is 44.0. The summed E-state index contributed by atoms with van der Waals surface area (Å²) in [6.07, 6.45) is 0. The van der Waals surface area contributed by atoms with Gasteiger partial charge in [0.05, 0.1) is 16.4 Å². The van der Waals surface area contributed by atoms with E-state index in [2.05, 4.69) is 313 Å². The van der Waals surface area contributed by atoms with Crippen LogP contribution >= 0.6 is 0 Å². The van der Waals surface area contributed by atoms with E-state index in [9.17, 15) is 0 Å². The molecule has 0 spiro atoms. The van der Waals surface area contributed by atoms with Crippen LogP contribution in [0.15, 0.2) is 303 Å². The molecule has 3 heteroatoms. The van der Waals surface area contributed by atoms with Crippen LogP contribution in [0.4, 0.5) is 17.1 Å². The second kappa shape index (κ2) is 17.6. The Kier molecular flexibility index (Phi) is 10.2. The highest BCUT2D eigenvalue weighted by atomic mass is 28.3. The summed E-state index contributed by atoms with van der Waals surface area (Å²) in [5, 5.41) is 8.13. The van der Waals surface area contributed by atoms with Gasteiger partial charge in [-0.1, -0.05) is 237 Å². The van der Waals surface area contributed by atoms with Crippen molar-refractivity contribution in [2.75, 3.05) is 4.90 Å². The third-order valence-corrected chi connectivity index (χ3v) is 21.4. The maximum absolute atomic E-state index is 2.78. The van der Waals surface area contributed by atoms with Gasteiger partial charge < -0.3 is 9.47 Å². The van der Waals surface area contributed by atoms with Gasteiger partial charge in [-0.25, -0.2) is 0 Å². The van der Waals surface area contributed by atoms with Crippen molar-refractivity contribution in [3.8, 4) is 39.1 Å². The number of hydrogen-bond donors (Lipinski definition) is 0. The summed E-state index contributed by atoms with van der Waals surface area (Å²) in [5.74, 6) is 0. The average Bonchev–Trinajstić information content (AvgIpc) is 4.28. The highest BCUT2D eigenvalue weighted by Gasteiger charge is 2.49. The van der Waals surface area contributed by atoms with Crippen molar-refractivity contribution in [2.24, 2.45) is 0 Å². The first-order valence-electron chi connectivity index (χ1n) is 26.4. The van der Waals surface area contributed by atoms with Gasteiger partial charge in [0.15, 0.2) is 8.07 Å². The molecule has 356 valence electrons. The predicted octanol–water partition coefficient (Wildman–Crippen LogP) is 15.6. The highest BCUT2D eigenvalue weighted by molar-refractivity contribution is 7.22. The summed E-state index contributed by atoms with van der Waals surface area (Å²) in [7, 11) is -2.78. The van der Waals surface area contributed by atoms with Gasteiger partial charge in [-0.05, 0) is 143 Å². The van der Waals surface area contributed by atoms with E-state index in [1.165, 1.54) is 98.2 Å². The standard InChI is InChI=1S/C73H50N2Si/c1-4-21-53(22-5-1)73(54-23-6-2-7-24-54)67-34-15-10-29-61(67)62-48-41-52(49-68(62)73)51-39-42-55(43-40-51)74(56-44-46-57(47-45-56)75-69-35-16-11-30-63(69)64-31-12-17-36-70(64)75)58-25-20-28-60(50-58)76(59-26-8-3-9-27-59)71-37-18-13-32-65(71)66-33-14-19-38-72(66)76/h1-50H. The van der Waals surface area contributed by atoms with Crippen LogP contribution in [0.1, 0.15) is 22.3 Å². The molecule has 15 rings (SSSR count). The molecule has 1 aromatic heterocycles. The van der Waals surface area contributed by atoms with Crippen LogP contribution in [0, 0.1) is 0 Å². The number of fused-ring (bicyclic) bond motifs is 9. The zero-order chi connectivity index (χ0) is 50.2. The molecule has 0 saturated carbocycles. The molecule has 0 fully saturated rings. The van der Waals surface area contributed by atoms with Crippen LogP contribution in [0.5, 0.6) is 0 Å². The van der Waals surface area contributed by atoms with Gasteiger partial charge in [0.1, 0.15) is 0 Å². The predicted molar refractivity (Wildman–Crippen MR) is 321 cm³/mol. The second-order valence-corrected chi connectivity index (χ2v) is 24.0. The van der Waals surface area contributed by atoms with E-state index >= 15 is 0 Å². The topological polar surface area (TPSA) is 8.17 Å². The molecule has 1 aliphatic heterocycles. The van der Waals surface area contributed by atoms with Crippen molar-refractivity contribution in [3.63, 3.8) is 0 Å². The Morgan fingerprint density at radius 1 is 0.303 bits per heavy atom. The van der Waals surface area contributed by atoms with Crippen molar-refractivity contribution < 1.29 is 0 Å². The van der Waals surface area contributed by atoms with Gasteiger partial charge in [-0.15, -0.1) is 0 Å². The van der Waals surface area contributed by atoms with Gasteiger partial charge in [0, 0.05) is 33.5 Å². The van der Waals surface area contributed by atoms with E-state index in [1.807, 2.05) is 0 Å². The van der Waals surface area contributed by atoms with Crippen molar-refractivity contribution in [1.82, 2.24) is 4.57 Å². The molecular weight excluding hydrogens is 933 g/mol. The quantitative estimate of drug-likeness (QED) is 0.131. The maximum Gasteiger partial charge on any atom is 0.180 e. The monoisotopic (exact) mass is 982 g/mol. The molecule has 0 bridgehead atoms. The van der Waals surface area contributed by atoms with Crippen LogP contribution in [-0.4, -0.2) is 12.6 Å². The van der Waals surface area contributed by atoms with E-state index in [-0.39, 0.29) is 0 Å². The van der Waals surface area contributed by atoms with Crippen LogP contribution in [0.2, 0.25) is 0 Å². The normalized spacial score (nSPS) is 13.5. The minimum Gasteiger partial charge on any atom is -0.311 e. The Hall–Kier alpha value is -9.54. The molecular formula is C73H50N2Si. The van der Waals surface area contributed by atoms with E-state index in [0.29, 0.717) is 0 Å². The molecule has 0 unspecified atom stereocenters. The molecule has 12 aromatic carbocycles. The fourth-order valence-electron chi connectivity index (χ4n) is 13.4. The van der Waals surface area contributed by atoms with Crippen molar-refractivity contribution in [3.05, 3.63) is 326 Å². The van der Waals surface area contributed by atoms with Crippen LogP contribution in [0.25, 0.3) is 60.9 Å². The van der Waals surface area contributed by atoms with Crippen LogP contribution in [0.3, 0.4) is 0 Å². The lowest BCUT2D eigenvalue weighted by Crippen LogP contribution is -2.72. The van der Waals surface area contributed by atoms with Crippen LogP contribution < -0.4 is 25.6 Å².